The van der Waals surface area contributed by atoms with Gasteiger partial charge in [-0.1, -0.05) is 19.6 Å². The van der Waals surface area contributed by atoms with Gasteiger partial charge in [-0.3, -0.25) is 4.72 Å². The van der Waals surface area contributed by atoms with Gasteiger partial charge in [-0.05, 0) is 54.4 Å². The van der Waals surface area contributed by atoms with Gasteiger partial charge in [0.2, 0.25) is 10.0 Å². The second kappa shape index (κ2) is 15.2. The van der Waals surface area contributed by atoms with Crippen LogP contribution in [0.15, 0.2) is 30.3 Å². The first kappa shape index (κ1) is 38.3. The highest BCUT2D eigenvalue weighted by Crippen LogP contribution is 2.36. The third kappa shape index (κ3) is 9.60. The summed E-state index contributed by atoms with van der Waals surface area (Å²) < 4.78 is 101. The molecule has 0 unspecified atom stereocenters. The highest BCUT2D eigenvalue weighted by Gasteiger charge is 2.32. The van der Waals surface area contributed by atoms with E-state index in [1.165, 1.54) is 32.2 Å². The fourth-order valence-corrected chi connectivity index (χ4v) is 6.21. The number of benzene rings is 2. The zero-order valence-corrected chi connectivity index (χ0v) is 30.1. The summed E-state index contributed by atoms with van der Waals surface area (Å²) in [4.78, 5) is 21.3. The second-order valence-corrected chi connectivity index (χ2v) is 20.0. The van der Waals surface area contributed by atoms with Crippen molar-refractivity contribution in [1.82, 2.24) is 19.7 Å². The number of alkyl halides is 3. The van der Waals surface area contributed by atoms with Crippen molar-refractivity contribution in [3.8, 4) is 22.9 Å². The molecular weight excluding hydrogens is 705 g/mol. The van der Waals surface area contributed by atoms with Gasteiger partial charge in [-0.25, -0.2) is 32.3 Å². The molecule has 0 spiro atoms. The van der Waals surface area contributed by atoms with Crippen molar-refractivity contribution in [2.24, 2.45) is 0 Å². The summed E-state index contributed by atoms with van der Waals surface area (Å²) in [6.45, 7) is 7.78. The second-order valence-electron chi connectivity index (χ2n) is 12.4. The van der Waals surface area contributed by atoms with Crippen molar-refractivity contribution >= 4 is 46.6 Å². The lowest BCUT2D eigenvalue weighted by Crippen LogP contribution is -2.22. The van der Waals surface area contributed by atoms with Crippen molar-refractivity contribution in [2.75, 3.05) is 36.6 Å². The molecular formula is C31H38F4N6O7SSi. The minimum absolute atomic E-state index is 0.111. The molecule has 0 saturated carbocycles. The lowest BCUT2D eigenvalue weighted by atomic mass is 10.0. The van der Waals surface area contributed by atoms with Gasteiger partial charge in [0.15, 0.2) is 28.7 Å². The van der Waals surface area contributed by atoms with Crippen LogP contribution < -0.4 is 19.5 Å². The molecule has 2 aromatic carbocycles. The Hall–Kier alpha value is -4.49. The first-order valence-electron chi connectivity index (χ1n) is 15.3. The number of carboxylic acid groups (broad SMARTS) is 1. The molecule has 0 aliphatic rings. The minimum atomic E-state index is -4.71. The number of carboxylic acids is 1. The summed E-state index contributed by atoms with van der Waals surface area (Å²) in [5, 5.41) is 17.2. The number of hydrogen-bond acceptors (Lipinski definition) is 10. The molecule has 0 amide bonds. The number of carbonyl (C=O) groups is 1. The van der Waals surface area contributed by atoms with Crippen LogP contribution in [0.5, 0.6) is 11.5 Å². The van der Waals surface area contributed by atoms with E-state index in [0.717, 1.165) is 30.0 Å². The maximum absolute atomic E-state index is 15.0. The number of fused-ring (bicyclic) bond motifs is 1. The van der Waals surface area contributed by atoms with Gasteiger partial charge in [0.05, 0.1) is 37.5 Å². The summed E-state index contributed by atoms with van der Waals surface area (Å²) in [6, 6.07) is 7.04. The van der Waals surface area contributed by atoms with Gasteiger partial charge in [0.1, 0.15) is 18.3 Å². The zero-order valence-electron chi connectivity index (χ0n) is 28.2. The van der Waals surface area contributed by atoms with E-state index in [0.29, 0.717) is 17.9 Å². The number of ether oxygens (including phenoxy) is 3. The normalized spacial score (nSPS) is 12.3. The highest BCUT2D eigenvalue weighted by molar-refractivity contribution is 7.92. The quantitative estimate of drug-likeness (QED) is 0.0686. The Morgan fingerprint density at radius 1 is 1.06 bits per heavy atom. The van der Waals surface area contributed by atoms with Gasteiger partial charge >= 0.3 is 12.1 Å². The SMILES string of the molecule is CCS(=O)(=O)Nc1ccc(OC)cc1CNc1nc(-c2cc(F)c(OC)cc2CC(F)(F)F)nc2c1c(C(=O)O)nn2COCC[Si](C)(C)C. The largest absolute Gasteiger partial charge is 0.497 e. The summed E-state index contributed by atoms with van der Waals surface area (Å²) in [5.74, 6) is -3.28. The molecule has 3 N–H and O–H groups in total. The Labute approximate surface area is 287 Å². The summed E-state index contributed by atoms with van der Waals surface area (Å²) in [6.07, 6.45) is -6.19. The monoisotopic (exact) mass is 742 g/mol. The van der Waals surface area contributed by atoms with Crippen LogP contribution in [-0.2, 0) is 34.5 Å². The molecule has 272 valence electrons. The maximum atomic E-state index is 15.0. The maximum Gasteiger partial charge on any atom is 0.393 e. The molecule has 0 fully saturated rings. The molecule has 4 aromatic rings. The van der Waals surface area contributed by atoms with Crippen molar-refractivity contribution in [2.45, 2.75) is 58.5 Å². The number of methoxy groups -OCH3 is 2. The molecule has 0 aliphatic carbocycles. The summed E-state index contributed by atoms with van der Waals surface area (Å²) in [7, 11) is -2.71. The van der Waals surface area contributed by atoms with Crippen molar-refractivity contribution in [3.63, 3.8) is 0 Å². The first-order chi connectivity index (χ1) is 23.3. The number of hydrogen-bond donors (Lipinski definition) is 3. The molecule has 0 saturated heterocycles. The van der Waals surface area contributed by atoms with Gasteiger partial charge in [-0.2, -0.15) is 18.3 Å². The lowest BCUT2D eigenvalue weighted by molar-refractivity contribution is -0.127. The summed E-state index contributed by atoms with van der Waals surface area (Å²) in [5.41, 5.74) is -0.803. The van der Waals surface area contributed by atoms with E-state index in [1.54, 1.807) is 0 Å². The minimum Gasteiger partial charge on any atom is -0.497 e. The Bertz CT molecular complexity index is 1980. The lowest BCUT2D eigenvalue weighted by Gasteiger charge is -2.17. The number of sulfonamides is 1. The number of aromatic carboxylic acids is 1. The Morgan fingerprint density at radius 3 is 2.38 bits per heavy atom. The van der Waals surface area contributed by atoms with E-state index in [9.17, 15) is 31.5 Å². The topological polar surface area (TPSA) is 167 Å². The number of halogens is 4. The Morgan fingerprint density at radius 2 is 1.78 bits per heavy atom. The Kier molecular flexibility index (Phi) is 11.6. The molecule has 0 aliphatic heterocycles. The molecule has 50 heavy (non-hydrogen) atoms. The van der Waals surface area contributed by atoms with Crippen LogP contribution >= 0.6 is 0 Å². The fraction of sp³-hybridized carbons (Fsp3) is 0.419. The van der Waals surface area contributed by atoms with Gasteiger partial charge in [0.25, 0.3) is 0 Å². The fourth-order valence-electron chi connectivity index (χ4n) is 4.77. The zero-order chi connectivity index (χ0) is 37.0. The van der Waals surface area contributed by atoms with E-state index < -0.39 is 59.5 Å². The average Bonchev–Trinajstić information content (AvgIpc) is 3.40. The third-order valence-electron chi connectivity index (χ3n) is 7.42. The highest BCUT2D eigenvalue weighted by atomic mass is 32.2. The van der Waals surface area contributed by atoms with Crippen LogP contribution in [0, 0.1) is 5.82 Å². The standard InChI is InChI=1S/C31H38F4N6O7SSi/c1-7-49(44,45)40-23-9-8-20(46-2)12-19(23)16-36-28-25-26(30(42)43)39-41(17-48-10-11-50(4,5)6)29(25)38-27(37-28)21-14-22(32)24(47-3)13-18(21)15-31(33,34)35/h8-9,12-14,40H,7,10-11,15-17H2,1-6H3,(H,42,43)(H,36,37,38). The third-order valence-corrected chi connectivity index (χ3v) is 10.4. The molecule has 2 aromatic heterocycles. The smallest absolute Gasteiger partial charge is 0.393 e. The molecule has 0 atom stereocenters. The number of nitrogens with zero attached hydrogens (tertiary/aromatic N) is 4. The van der Waals surface area contributed by atoms with Crippen LogP contribution in [-0.4, -0.2) is 80.1 Å². The van der Waals surface area contributed by atoms with Crippen molar-refractivity contribution in [1.29, 1.82) is 0 Å². The number of rotatable bonds is 16. The molecule has 4 rings (SSSR count). The van der Waals surface area contributed by atoms with Crippen LogP contribution in [0.1, 0.15) is 28.5 Å². The van der Waals surface area contributed by atoms with Crippen LogP contribution in [0.2, 0.25) is 25.7 Å². The number of aromatic nitrogens is 4. The van der Waals surface area contributed by atoms with Crippen LogP contribution in [0.4, 0.5) is 29.1 Å². The van der Waals surface area contributed by atoms with E-state index in [4.69, 9.17) is 14.2 Å². The van der Waals surface area contributed by atoms with E-state index in [-0.39, 0.29) is 53.0 Å². The van der Waals surface area contributed by atoms with Gasteiger partial charge < -0.3 is 24.6 Å². The molecule has 2 heterocycles. The molecule has 0 radical (unpaired) electrons. The molecule has 19 heteroatoms. The van der Waals surface area contributed by atoms with Crippen molar-refractivity contribution < 1.29 is 50.1 Å². The predicted molar refractivity (Wildman–Crippen MR) is 181 cm³/mol. The van der Waals surface area contributed by atoms with Gasteiger partial charge in [-0.15, -0.1) is 0 Å². The summed E-state index contributed by atoms with van der Waals surface area (Å²) >= 11 is 0. The van der Waals surface area contributed by atoms with E-state index >= 15 is 4.39 Å². The first-order valence-corrected chi connectivity index (χ1v) is 20.6. The average molecular weight is 743 g/mol. The number of nitrogens with one attached hydrogen (secondary N) is 2. The van der Waals surface area contributed by atoms with E-state index in [1.807, 2.05) is 0 Å². The van der Waals surface area contributed by atoms with Gasteiger partial charge in [0, 0.05) is 26.8 Å². The number of anilines is 2. The van der Waals surface area contributed by atoms with E-state index in [2.05, 4.69) is 44.7 Å². The molecule has 0 bridgehead atoms. The van der Waals surface area contributed by atoms with Crippen molar-refractivity contribution in [3.05, 3.63) is 53.0 Å². The van der Waals surface area contributed by atoms with Crippen LogP contribution in [0.3, 0.4) is 0 Å². The Balaban J connectivity index is 1.93. The molecule has 13 nitrogen and oxygen atoms in total. The predicted octanol–water partition coefficient (Wildman–Crippen LogP) is 6.14. The van der Waals surface area contributed by atoms with Crippen LogP contribution in [0.25, 0.3) is 22.4 Å².